The number of hydrogen-bond acceptors (Lipinski definition) is 4. The fraction of sp³-hybridized carbons (Fsp3) is 0. The average molecular weight is 569 g/mol. The minimum absolute atomic E-state index is 0.637. The first-order valence-corrected chi connectivity index (χ1v) is 15.2. The lowest BCUT2D eigenvalue weighted by atomic mass is 9.99. The number of nitrogens with zero attached hydrogens (tertiary/aromatic N) is 2. The molecule has 202 valence electrons. The molecule has 0 amide bonds. The first-order chi connectivity index (χ1) is 21.3. The minimum Gasteiger partial charge on any atom is -0.435 e. The number of fused-ring (bicyclic) bond motifs is 8. The predicted molar refractivity (Wildman–Crippen MR) is 182 cm³/mol. The Bertz CT molecular complexity index is 2460. The summed E-state index contributed by atoms with van der Waals surface area (Å²) >= 11 is 1.84. The molecule has 0 N–H and O–H groups in total. The lowest BCUT2D eigenvalue weighted by Gasteiger charge is -2.27. The Labute approximate surface area is 251 Å². The Morgan fingerprint density at radius 2 is 1.26 bits per heavy atom. The molecular weight excluding hydrogens is 545 g/mol. The van der Waals surface area contributed by atoms with E-state index in [4.69, 9.17) is 9.40 Å². The normalized spacial score (nSPS) is 11.7. The highest BCUT2D eigenvalue weighted by Crippen LogP contribution is 2.46. The van der Waals surface area contributed by atoms with Crippen molar-refractivity contribution in [3.63, 3.8) is 0 Å². The van der Waals surface area contributed by atoms with Gasteiger partial charge in [-0.2, -0.15) is 0 Å². The van der Waals surface area contributed by atoms with Crippen molar-refractivity contribution in [3.05, 3.63) is 146 Å². The number of benzene rings is 7. The molecule has 0 bridgehead atoms. The van der Waals surface area contributed by atoms with Crippen LogP contribution >= 0.6 is 11.3 Å². The quantitative estimate of drug-likeness (QED) is 0.198. The molecule has 43 heavy (non-hydrogen) atoms. The number of anilines is 3. The lowest BCUT2D eigenvalue weighted by molar-refractivity contribution is 0.623. The molecule has 9 rings (SSSR count). The van der Waals surface area contributed by atoms with Gasteiger partial charge in [0.25, 0.3) is 0 Å². The van der Waals surface area contributed by atoms with Crippen molar-refractivity contribution in [3.8, 4) is 11.5 Å². The summed E-state index contributed by atoms with van der Waals surface area (Å²) in [5.41, 5.74) is 6.01. The van der Waals surface area contributed by atoms with E-state index < -0.39 is 0 Å². The fourth-order valence-electron chi connectivity index (χ4n) is 6.30. The molecule has 0 saturated heterocycles. The summed E-state index contributed by atoms with van der Waals surface area (Å²) < 4.78 is 9.09. The first kappa shape index (κ1) is 24.2. The fourth-order valence-corrected chi connectivity index (χ4v) is 7.43. The molecule has 0 aliphatic carbocycles. The molecule has 0 spiro atoms. The van der Waals surface area contributed by atoms with Crippen LogP contribution in [0.25, 0.3) is 64.3 Å². The summed E-state index contributed by atoms with van der Waals surface area (Å²) in [6.45, 7) is 0. The van der Waals surface area contributed by atoms with Gasteiger partial charge >= 0.3 is 0 Å². The second kappa shape index (κ2) is 9.55. The number of thiophene rings is 1. The van der Waals surface area contributed by atoms with Gasteiger partial charge < -0.3 is 9.32 Å². The molecule has 2 heterocycles. The Balaban J connectivity index is 1.33. The first-order valence-electron chi connectivity index (χ1n) is 14.4. The molecule has 0 radical (unpaired) electrons. The third kappa shape index (κ3) is 3.84. The standard InChI is InChI=1S/C39H24N2OS/c1-3-10-27(11-4-1)39-40-32-23-21-26-19-18-25-20-22-29(24-31(25)36(26)38(32)42-39)41(28-12-5-2-6-13-28)33-15-9-17-35-37(33)30-14-7-8-16-34(30)43-35/h1-24H. The van der Waals surface area contributed by atoms with Crippen LogP contribution in [0.3, 0.4) is 0 Å². The van der Waals surface area contributed by atoms with Gasteiger partial charge in [0.15, 0.2) is 5.58 Å². The SMILES string of the molecule is c1ccc(-c2nc3ccc4ccc5ccc(N(c6ccccc6)c6cccc7sc8ccccc8c67)cc5c4c3o2)cc1. The molecular formula is C39H24N2OS. The van der Waals surface area contributed by atoms with Gasteiger partial charge in [-0.3, -0.25) is 0 Å². The van der Waals surface area contributed by atoms with Crippen LogP contribution in [-0.2, 0) is 0 Å². The van der Waals surface area contributed by atoms with Crippen LogP contribution in [0, 0.1) is 0 Å². The summed E-state index contributed by atoms with van der Waals surface area (Å²) in [7, 11) is 0. The van der Waals surface area contributed by atoms with Gasteiger partial charge in [0.2, 0.25) is 5.89 Å². The van der Waals surface area contributed by atoms with Crippen LogP contribution < -0.4 is 4.90 Å². The van der Waals surface area contributed by atoms with Gasteiger partial charge in [0, 0.05) is 42.5 Å². The van der Waals surface area contributed by atoms with Crippen molar-refractivity contribution in [2.75, 3.05) is 4.90 Å². The molecule has 0 aliphatic rings. The highest BCUT2D eigenvalue weighted by atomic mass is 32.1. The third-order valence-corrected chi connectivity index (χ3v) is 9.39. The highest BCUT2D eigenvalue weighted by molar-refractivity contribution is 7.26. The Hall–Kier alpha value is -5.45. The van der Waals surface area contributed by atoms with E-state index in [0.29, 0.717) is 5.89 Å². The maximum absolute atomic E-state index is 6.52. The maximum Gasteiger partial charge on any atom is 0.227 e. The van der Waals surface area contributed by atoms with Gasteiger partial charge in [-0.05, 0) is 76.8 Å². The highest BCUT2D eigenvalue weighted by Gasteiger charge is 2.20. The summed E-state index contributed by atoms with van der Waals surface area (Å²) in [6.07, 6.45) is 0. The summed E-state index contributed by atoms with van der Waals surface area (Å²) in [5.74, 6) is 0.637. The maximum atomic E-state index is 6.52. The van der Waals surface area contributed by atoms with E-state index in [1.165, 1.54) is 20.2 Å². The van der Waals surface area contributed by atoms with Crippen LogP contribution in [-0.4, -0.2) is 4.98 Å². The van der Waals surface area contributed by atoms with Gasteiger partial charge in [-0.15, -0.1) is 11.3 Å². The van der Waals surface area contributed by atoms with Crippen LogP contribution in [0.2, 0.25) is 0 Å². The Kier molecular flexibility index (Phi) is 5.37. The molecule has 9 aromatic rings. The van der Waals surface area contributed by atoms with Gasteiger partial charge in [-0.25, -0.2) is 4.98 Å². The van der Waals surface area contributed by atoms with Crippen molar-refractivity contribution in [1.82, 2.24) is 4.98 Å². The van der Waals surface area contributed by atoms with Crippen molar-refractivity contribution < 1.29 is 4.42 Å². The number of aromatic nitrogens is 1. The summed E-state index contributed by atoms with van der Waals surface area (Å²) in [6, 6.07) is 51.4. The number of oxazole rings is 1. The molecule has 0 unspecified atom stereocenters. The van der Waals surface area contributed by atoms with E-state index >= 15 is 0 Å². The third-order valence-electron chi connectivity index (χ3n) is 8.25. The van der Waals surface area contributed by atoms with Crippen LogP contribution in [0.4, 0.5) is 17.1 Å². The van der Waals surface area contributed by atoms with E-state index in [0.717, 1.165) is 55.3 Å². The largest absolute Gasteiger partial charge is 0.435 e. The molecule has 0 fully saturated rings. The van der Waals surface area contributed by atoms with Crippen molar-refractivity contribution in [2.45, 2.75) is 0 Å². The Morgan fingerprint density at radius 3 is 2.14 bits per heavy atom. The second-order valence-corrected chi connectivity index (χ2v) is 11.9. The van der Waals surface area contributed by atoms with Crippen molar-refractivity contribution in [2.24, 2.45) is 0 Å². The van der Waals surface area contributed by atoms with E-state index in [2.05, 4.69) is 120 Å². The number of rotatable bonds is 4. The van der Waals surface area contributed by atoms with Crippen LogP contribution in [0.5, 0.6) is 0 Å². The van der Waals surface area contributed by atoms with Gasteiger partial charge in [0.1, 0.15) is 5.52 Å². The minimum atomic E-state index is 0.637. The molecule has 4 heteroatoms. The molecule has 7 aromatic carbocycles. The number of para-hydroxylation sites is 1. The van der Waals surface area contributed by atoms with Crippen LogP contribution in [0.1, 0.15) is 0 Å². The molecule has 3 nitrogen and oxygen atoms in total. The second-order valence-electron chi connectivity index (χ2n) is 10.8. The average Bonchev–Trinajstić information content (AvgIpc) is 3.68. The zero-order chi connectivity index (χ0) is 28.3. The van der Waals surface area contributed by atoms with E-state index in [1.807, 2.05) is 41.7 Å². The topological polar surface area (TPSA) is 29.3 Å². The predicted octanol–water partition coefficient (Wildman–Crippen LogP) is 11.6. The zero-order valence-corrected chi connectivity index (χ0v) is 23.9. The van der Waals surface area contributed by atoms with Crippen molar-refractivity contribution >= 4 is 81.2 Å². The van der Waals surface area contributed by atoms with Gasteiger partial charge in [-0.1, -0.05) is 84.9 Å². The van der Waals surface area contributed by atoms with E-state index in [-0.39, 0.29) is 0 Å². The molecule has 0 aliphatic heterocycles. The van der Waals surface area contributed by atoms with E-state index in [9.17, 15) is 0 Å². The zero-order valence-electron chi connectivity index (χ0n) is 23.1. The van der Waals surface area contributed by atoms with Crippen LogP contribution in [0.15, 0.2) is 150 Å². The molecule has 2 aromatic heterocycles. The number of hydrogen-bond donors (Lipinski definition) is 0. The smallest absolute Gasteiger partial charge is 0.227 e. The van der Waals surface area contributed by atoms with Gasteiger partial charge in [0.05, 0.1) is 5.69 Å². The van der Waals surface area contributed by atoms with E-state index in [1.54, 1.807) is 0 Å². The molecule has 0 saturated carbocycles. The molecule has 0 atom stereocenters. The van der Waals surface area contributed by atoms with Crippen molar-refractivity contribution in [1.29, 1.82) is 0 Å². The Morgan fingerprint density at radius 1 is 0.535 bits per heavy atom. The lowest BCUT2D eigenvalue weighted by Crippen LogP contribution is -2.10. The monoisotopic (exact) mass is 568 g/mol. The summed E-state index contributed by atoms with van der Waals surface area (Å²) in [5, 5.41) is 7.06. The summed E-state index contributed by atoms with van der Waals surface area (Å²) in [4.78, 5) is 7.26.